The number of nitrogens with one attached hydrogen (secondary N) is 2. The van der Waals surface area contributed by atoms with Crippen LogP contribution in [0.1, 0.15) is 0 Å². The molecule has 1 aromatic carbocycles. The van der Waals surface area contributed by atoms with Gasteiger partial charge < -0.3 is 4.74 Å². The maximum Gasteiger partial charge on any atom is 0.341 e. The van der Waals surface area contributed by atoms with Gasteiger partial charge in [0.15, 0.2) is 11.0 Å². The molecule has 1 aliphatic heterocycles. The number of hydrazine groups is 1. The van der Waals surface area contributed by atoms with Gasteiger partial charge in [0, 0.05) is 25.2 Å². The number of carbonyl (C=O) groups excluding carboxylic acids is 1. The Morgan fingerprint density at radius 1 is 1.29 bits per heavy atom. The van der Waals surface area contributed by atoms with Crippen molar-refractivity contribution >= 4 is 22.7 Å². The number of morpholine rings is 1. The Balaban J connectivity index is 1.87. The number of hydrogen-bond acceptors (Lipinski definition) is 6. The average Bonchev–Trinajstić information content (AvgIpc) is 2.48. The molecule has 1 unspecified atom stereocenters. The van der Waals surface area contributed by atoms with Gasteiger partial charge in [0.25, 0.3) is 5.69 Å². The number of amides is 2. The van der Waals surface area contributed by atoms with Gasteiger partial charge in [-0.3, -0.25) is 20.3 Å². The molecule has 2 rings (SSSR count). The van der Waals surface area contributed by atoms with Crippen LogP contribution in [0, 0.1) is 10.1 Å². The van der Waals surface area contributed by atoms with E-state index in [-0.39, 0.29) is 10.6 Å². The fourth-order valence-corrected chi connectivity index (χ4v) is 2.39. The van der Waals surface area contributed by atoms with E-state index in [0.29, 0.717) is 26.3 Å². The number of rotatable bonds is 4. The van der Waals surface area contributed by atoms with Crippen LogP contribution in [-0.2, 0) is 15.7 Å². The van der Waals surface area contributed by atoms with E-state index in [2.05, 4.69) is 10.1 Å². The number of ether oxygens (including phenoxy) is 1. The number of non-ortho nitro benzene ring substituents is 1. The van der Waals surface area contributed by atoms with Crippen LogP contribution in [0.4, 0.5) is 10.5 Å². The number of nitro groups is 1. The third-order valence-electron chi connectivity index (χ3n) is 2.72. The second-order valence-electron chi connectivity index (χ2n) is 4.16. The number of hydrogen-bond donors (Lipinski definition) is 2. The molecule has 0 saturated carbocycles. The van der Waals surface area contributed by atoms with Crippen LogP contribution in [0.3, 0.4) is 0 Å². The van der Waals surface area contributed by atoms with E-state index in [9.17, 15) is 19.1 Å². The Hall–Kier alpha value is -2.04. The second-order valence-corrected chi connectivity index (χ2v) is 5.38. The molecular weight excluding hydrogens is 300 g/mol. The summed E-state index contributed by atoms with van der Waals surface area (Å²) in [5.74, 6) is 0. The van der Waals surface area contributed by atoms with Crippen LogP contribution in [-0.4, -0.2) is 46.5 Å². The van der Waals surface area contributed by atoms with Gasteiger partial charge in [0.1, 0.15) is 0 Å². The molecule has 9 nitrogen and oxygen atoms in total. The quantitative estimate of drug-likeness (QED) is 0.604. The molecule has 1 heterocycles. The Kier molecular flexibility index (Phi) is 5.20. The van der Waals surface area contributed by atoms with Crippen molar-refractivity contribution in [3.8, 4) is 0 Å². The van der Waals surface area contributed by atoms with Gasteiger partial charge in [-0.2, -0.15) is 0 Å². The normalized spacial score (nSPS) is 17.0. The zero-order valence-electron chi connectivity index (χ0n) is 11.0. The molecule has 21 heavy (non-hydrogen) atoms. The monoisotopic (exact) mass is 314 g/mol. The van der Waals surface area contributed by atoms with Crippen molar-refractivity contribution in [2.45, 2.75) is 4.90 Å². The topological polar surface area (TPSA) is 114 Å². The smallest absolute Gasteiger partial charge is 0.341 e. The summed E-state index contributed by atoms with van der Waals surface area (Å²) in [6.45, 7) is 2.15. The third kappa shape index (κ3) is 4.48. The zero-order chi connectivity index (χ0) is 15.2. The summed E-state index contributed by atoms with van der Waals surface area (Å²) in [7, 11) is -1.78. The Labute approximate surface area is 123 Å². The lowest BCUT2D eigenvalue weighted by Gasteiger charge is -2.26. The summed E-state index contributed by atoms with van der Waals surface area (Å²) < 4.78 is 19.3. The first-order valence-corrected chi connectivity index (χ1v) is 7.27. The van der Waals surface area contributed by atoms with E-state index in [1.165, 1.54) is 24.3 Å². The highest BCUT2D eigenvalue weighted by molar-refractivity contribution is 7.83. The fourth-order valence-electron chi connectivity index (χ4n) is 1.68. The van der Waals surface area contributed by atoms with Gasteiger partial charge >= 0.3 is 6.03 Å². The van der Waals surface area contributed by atoms with Crippen molar-refractivity contribution in [3.63, 3.8) is 0 Å². The molecule has 0 bridgehead atoms. The summed E-state index contributed by atoms with van der Waals surface area (Å²) in [6.07, 6.45) is 0. The fraction of sp³-hybridized carbons (Fsp3) is 0.364. The molecule has 0 aromatic heterocycles. The van der Waals surface area contributed by atoms with Crippen molar-refractivity contribution in [3.05, 3.63) is 34.4 Å². The van der Waals surface area contributed by atoms with E-state index in [1.807, 2.05) is 0 Å². The Morgan fingerprint density at radius 3 is 2.48 bits per heavy atom. The molecular formula is C11H14N4O5S. The van der Waals surface area contributed by atoms with E-state index in [4.69, 9.17) is 4.74 Å². The summed E-state index contributed by atoms with van der Waals surface area (Å²) in [5, 5.41) is 12.2. The molecule has 1 aliphatic rings. The molecule has 1 fully saturated rings. The standard InChI is InChI=1S/C11H14N4O5S/c16-11(12-14-5-7-20-8-6-14)13-21(19)10-3-1-9(2-4-10)15(17)18/h1-4H,5-8H2,(H2,12,13,16). The number of carbonyl (C=O) groups is 1. The van der Waals surface area contributed by atoms with Gasteiger partial charge in [-0.25, -0.2) is 14.0 Å². The number of nitro benzene ring substituents is 1. The summed E-state index contributed by atoms with van der Waals surface area (Å²) >= 11 is 0. The van der Waals surface area contributed by atoms with Crippen molar-refractivity contribution in [1.29, 1.82) is 0 Å². The highest BCUT2D eigenvalue weighted by atomic mass is 32.2. The zero-order valence-corrected chi connectivity index (χ0v) is 11.8. The van der Waals surface area contributed by atoms with Crippen LogP contribution in [0.5, 0.6) is 0 Å². The Morgan fingerprint density at radius 2 is 1.90 bits per heavy atom. The SMILES string of the molecule is O=C(NN1CCOCC1)NS(=O)c1ccc([N+](=O)[O-])cc1. The molecule has 114 valence electrons. The predicted octanol–water partition coefficient (Wildman–Crippen LogP) is 0.164. The van der Waals surface area contributed by atoms with Crippen LogP contribution < -0.4 is 10.1 Å². The van der Waals surface area contributed by atoms with E-state index in [0.717, 1.165) is 0 Å². The third-order valence-corrected chi connectivity index (χ3v) is 3.79. The van der Waals surface area contributed by atoms with E-state index >= 15 is 0 Å². The molecule has 2 amide bonds. The molecule has 0 radical (unpaired) electrons. The minimum Gasteiger partial charge on any atom is -0.379 e. The number of benzene rings is 1. The minimum atomic E-state index is -1.78. The molecule has 1 saturated heterocycles. The van der Waals surface area contributed by atoms with Gasteiger partial charge in [-0.15, -0.1) is 0 Å². The first-order chi connectivity index (χ1) is 10.1. The molecule has 10 heteroatoms. The van der Waals surface area contributed by atoms with Crippen molar-refractivity contribution < 1.29 is 18.7 Å². The van der Waals surface area contributed by atoms with Gasteiger partial charge in [-0.1, -0.05) is 0 Å². The lowest BCUT2D eigenvalue weighted by Crippen LogP contribution is -2.51. The van der Waals surface area contributed by atoms with Crippen molar-refractivity contribution in [2.75, 3.05) is 26.3 Å². The summed E-state index contributed by atoms with van der Waals surface area (Å²) in [6, 6.07) is 4.53. The Bertz CT molecular complexity index is 544. The predicted molar refractivity (Wildman–Crippen MR) is 73.6 cm³/mol. The molecule has 1 aromatic rings. The first-order valence-electron chi connectivity index (χ1n) is 6.12. The van der Waals surface area contributed by atoms with Gasteiger partial charge in [0.2, 0.25) is 0 Å². The number of nitrogens with zero attached hydrogens (tertiary/aromatic N) is 2. The molecule has 0 aliphatic carbocycles. The van der Waals surface area contributed by atoms with Crippen molar-refractivity contribution in [1.82, 2.24) is 15.2 Å². The van der Waals surface area contributed by atoms with Crippen LogP contribution in [0.15, 0.2) is 29.2 Å². The molecule has 1 atom stereocenters. The highest BCUT2D eigenvalue weighted by Gasteiger charge is 2.15. The average molecular weight is 314 g/mol. The van der Waals surface area contributed by atoms with Crippen LogP contribution >= 0.6 is 0 Å². The lowest BCUT2D eigenvalue weighted by molar-refractivity contribution is -0.384. The minimum absolute atomic E-state index is 0.103. The number of urea groups is 1. The lowest BCUT2D eigenvalue weighted by atomic mass is 10.3. The molecule has 0 spiro atoms. The first kappa shape index (κ1) is 15.4. The van der Waals surface area contributed by atoms with E-state index < -0.39 is 21.9 Å². The largest absolute Gasteiger partial charge is 0.379 e. The summed E-state index contributed by atoms with van der Waals surface area (Å²) in [5.41, 5.74) is 2.45. The van der Waals surface area contributed by atoms with Crippen molar-refractivity contribution in [2.24, 2.45) is 0 Å². The van der Waals surface area contributed by atoms with Crippen LogP contribution in [0.25, 0.3) is 0 Å². The van der Waals surface area contributed by atoms with E-state index in [1.54, 1.807) is 5.01 Å². The van der Waals surface area contributed by atoms with Gasteiger partial charge in [0.05, 0.1) is 23.0 Å². The highest BCUT2D eigenvalue weighted by Crippen LogP contribution is 2.13. The summed E-state index contributed by atoms with van der Waals surface area (Å²) in [4.78, 5) is 21.9. The molecule has 2 N–H and O–H groups in total. The maximum absolute atomic E-state index is 11.9. The maximum atomic E-state index is 11.9. The van der Waals surface area contributed by atoms with Crippen LogP contribution in [0.2, 0.25) is 0 Å². The second kappa shape index (κ2) is 7.11. The van der Waals surface area contributed by atoms with Gasteiger partial charge in [-0.05, 0) is 12.1 Å².